The number of rotatable bonds is 3. The SMILES string of the molecule is CN(c1ccc(O)cc1-c1cnccn1)P(N)(N)=O. The zero-order chi connectivity index (χ0) is 14.0. The second kappa shape index (κ2) is 4.97. The number of hydrogen-bond acceptors (Lipinski definition) is 4. The van der Waals surface area contributed by atoms with Gasteiger partial charge in [0.2, 0.25) is 0 Å². The molecule has 0 saturated carbocycles. The van der Waals surface area contributed by atoms with E-state index in [0.29, 0.717) is 16.9 Å². The number of phenolic OH excluding ortho intramolecular Hbond substituents is 1. The van der Waals surface area contributed by atoms with Crippen LogP contribution in [0.25, 0.3) is 11.3 Å². The summed E-state index contributed by atoms with van der Waals surface area (Å²) in [5, 5.41) is 9.59. The lowest BCUT2D eigenvalue weighted by molar-refractivity contribution is 0.475. The average molecular weight is 279 g/mol. The van der Waals surface area contributed by atoms with Crippen LogP contribution in [-0.4, -0.2) is 22.1 Å². The maximum absolute atomic E-state index is 11.8. The first-order valence-corrected chi connectivity index (χ1v) is 7.20. The quantitative estimate of drug-likeness (QED) is 0.725. The van der Waals surface area contributed by atoms with E-state index in [2.05, 4.69) is 9.97 Å². The Bertz CT molecular complexity index is 628. The Morgan fingerprint density at radius 1 is 1.32 bits per heavy atom. The second-order valence-electron chi connectivity index (χ2n) is 3.99. The first-order valence-electron chi connectivity index (χ1n) is 5.40. The molecule has 0 saturated heterocycles. The van der Waals surface area contributed by atoms with Crippen LogP contribution >= 0.6 is 7.59 Å². The molecule has 1 aromatic heterocycles. The molecule has 1 aromatic carbocycles. The van der Waals surface area contributed by atoms with Gasteiger partial charge in [-0.3, -0.25) is 25.5 Å². The first kappa shape index (κ1) is 13.5. The molecule has 1 heterocycles. The molecule has 8 heteroatoms. The predicted octanol–water partition coefficient (Wildman–Crippen LogP) is 1.31. The number of phenols is 1. The van der Waals surface area contributed by atoms with Gasteiger partial charge in [0.15, 0.2) is 0 Å². The van der Waals surface area contributed by atoms with Gasteiger partial charge >= 0.3 is 0 Å². The Balaban J connectivity index is 2.60. The van der Waals surface area contributed by atoms with Crippen LogP contribution in [0.3, 0.4) is 0 Å². The normalized spacial score (nSPS) is 11.3. The molecule has 0 spiro atoms. The van der Waals surface area contributed by atoms with E-state index in [1.165, 1.54) is 42.4 Å². The lowest BCUT2D eigenvalue weighted by atomic mass is 10.1. The van der Waals surface area contributed by atoms with E-state index in [4.69, 9.17) is 11.0 Å². The molecule has 0 bridgehead atoms. The zero-order valence-electron chi connectivity index (χ0n) is 10.3. The highest BCUT2D eigenvalue weighted by Gasteiger charge is 2.21. The monoisotopic (exact) mass is 279 g/mol. The van der Waals surface area contributed by atoms with Gasteiger partial charge in [-0.05, 0) is 18.2 Å². The molecule has 0 aliphatic carbocycles. The van der Waals surface area contributed by atoms with Crippen molar-refractivity contribution < 1.29 is 9.67 Å². The lowest BCUT2D eigenvalue weighted by Gasteiger charge is -2.25. The summed E-state index contributed by atoms with van der Waals surface area (Å²) in [5.74, 6) is 0.0571. The minimum absolute atomic E-state index is 0.0571. The standard InChI is InChI=1S/C11H14N5O2P/c1-16(19(12,13)18)11-3-2-8(17)6-9(11)10-7-14-4-5-15-10/h2-7,17H,1H3,(H4,12,13,18). The van der Waals surface area contributed by atoms with Crippen molar-refractivity contribution in [2.24, 2.45) is 11.0 Å². The van der Waals surface area contributed by atoms with E-state index in [1.54, 1.807) is 6.07 Å². The van der Waals surface area contributed by atoms with Crippen molar-refractivity contribution in [3.63, 3.8) is 0 Å². The Morgan fingerprint density at radius 3 is 2.63 bits per heavy atom. The summed E-state index contributed by atoms with van der Waals surface area (Å²) in [7, 11) is -1.92. The molecule has 7 nitrogen and oxygen atoms in total. The highest BCUT2D eigenvalue weighted by atomic mass is 31.2. The molecule has 0 amide bonds. The number of aromatic hydroxyl groups is 1. The van der Waals surface area contributed by atoms with E-state index in [-0.39, 0.29) is 5.75 Å². The van der Waals surface area contributed by atoms with Gasteiger partial charge in [-0.15, -0.1) is 0 Å². The lowest BCUT2D eigenvalue weighted by Crippen LogP contribution is -2.25. The smallest absolute Gasteiger partial charge is 0.300 e. The minimum atomic E-state index is -3.44. The van der Waals surface area contributed by atoms with Gasteiger partial charge in [0.25, 0.3) is 7.59 Å². The predicted molar refractivity (Wildman–Crippen MR) is 73.5 cm³/mol. The molecule has 2 rings (SSSR count). The van der Waals surface area contributed by atoms with Crippen LogP contribution in [0.5, 0.6) is 5.75 Å². The molecule has 0 aliphatic rings. The molecular weight excluding hydrogens is 265 g/mol. The molecule has 0 radical (unpaired) electrons. The van der Waals surface area contributed by atoms with Crippen molar-refractivity contribution >= 4 is 13.3 Å². The van der Waals surface area contributed by atoms with E-state index in [1.807, 2.05) is 0 Å². The summed E-state index contributed by atoms with van der Waals surface area (Å²) < 4.78 is 13.0. The van der Waals surface area contributed by atoms with Crippen molar-refractivity contribution in [3.05, 3.63) is 36.8 Å². The molecule has 100 valence electrons. The van der Waals surface area contributed by atoms with Crippen molar-refractivity contribution in [2.45, 2.75) is 0 Å². The molecule has 0 atom stereocenters. The maximum Gasteiger partial charge on any atom is 0.300 e. The van der Waals surface area contributed by atoms with Gasteiger partial charge in [0.05, 0.1) is 17.6 Å². The second-order valence-corrected chi connectivity index (χ2v) is 5.93. The molecular formula is C11H14N5O2P. The van der Waals surface area contributed by atoms with E-state index in [0.717, 1.165) is 0 Å². The van der Waals surface area contributed by atoms with Crippen LogP contribution in [0, 0.1) is 0 Å². The number of aromatic nitrogens is 2. The summed E-state index contributed by atoms with van der Waals surface area (Å²) >= 11 is 0. The van der Waals surface area contributed by atoms with E-state index < -0.39 is 7.59 Å². The van der Waals surface area contributed by atoms with Gasteiger partial charge < -0.3 is 9.78 Å². The summed E-state index contributed by atoms with van der Waals surface area (Å²) in [6.07, 6.45) is 4.59. The van der Waals surface area contributed by atoms with Crippen molar-refractivity contribution in [2.75, 3.05) is 11.7 Å². The maximum atomic E-state index is 11.8. The number of benzene rings is 1. The van der Waals surface area contributed by atoms with Crippen LogP contribution in [-0.2, 0) is 4.57 Å². The number of anilines is 1. The third-order valence-corrected chi connectivity index (χ3v) is 3.79. The van der Waals surface area contributed by atoms with Crippen LogP contribution < -0.4 is 15.7 Å². The molecule has 0 unspecified atom stereocenters. The minimum Gasteiger partial charge on any atom is -0.508 e. The molecule has 19 heavy (non-hydrogen) atoms. The van der Waals surface area contributed by atoms with Crippen LogP contribution in [0.4, 0.5) is 5.69 Å². The number of hydrogen-bond donors (Lipinski definition) is 3. The fourth-order valence-corrected chi connectivity index (χ4v) is 2.13. The van der Waals surface area contributed by atoms with Crippen LogP contribution in [0.2, 0.25) is 0 Å². The van der Waals surface area contributed by atoms with Crippen LogP contribution in [0.1, 0.15) is 0 Å². The van der Waals surface area contributed by atoms with Crippen molar-refractivity contribution in [1.82, 2.24) is 9.97 Å². The molecule has 5 N–H and O–H groups in total. The van der Waals surface area contributed by atoms with Crippen molar-refractivity contribution in [3.8, 4) is 17.0 Å². The summed E-state index contributed by atoms with van der Waals surface area (Å²) in [5.41, 5.74) is 12.5. The fraction of sp³-hybridized carbons (Fsp3) is 0.0909. The summed E-state index contributed by atoms with van der Waals surface area (Å²) in [6, 6.07) is 4.53. The zero-order valence-corrected chi connectivity index (χ0v) is 11.2. The Labute approximate surface area is 110 Å². The van der Waals surface area contributed by atoms with E-state index in [9.17, 15) is 9.67 Å². The highest BCUT2D eigenvalue weighted by Crippen LogP contribution is 2.41. The Hall–Kier alpha value is -1.95. The largest absolute Gasteiger partial charge is 0.508 e. The number of nitrogens with two attached hydrogens (primary N) is 2. The van der Waals surface area contributed by atoms with E-state index >= 15 is 0 Å². The number of nitrogens with zero attached hydrogens (tertiary/aromatic N) is 3. The van der Waals surface area contributed by atoms with Gasteiger partial charge in [-0.1, -0.05) is 0 Å². The fourth-order valence-electron chi connectivity index (χ4n) is 1.62. The third kappa shape index (κ3) is 2.90. The van der Waals surface area contributed by atoms with Gasteiger partial charge in [0.1, 0.15) is 5.75 Å². The summed E-state index contributed by atoms with van der Waals surface area (Å²) in [4.78, 5) is 8.10. The van der Waals surface area contributed by atoms with Gasteiger partial charge in [-0.25, -0.2) is 0 Å². The molecule has 0 aliphatic heterocycles. The van der Waals surface area contributed by atoms with Gasteiger partial charge in [-0.2, -0.15) is 0 Å². The Kier molecular flexibility index (Phi) is 3.53. The highest BCUT2D eigenvalue weighted by molar-refractivity contribution is 7.60. The Morgan fingerprint density at radius 2 is 2.05 bits per heavy atom. The summed E-state index contributed by atoms with van der Waals surface area (Å²) in [6.45, 7) is 0. The first-order chi connectivity index (χ1) is 8.89. The molecule has 0 fully saturated rings. The third-order valence-electron chi connectivity index (χ3n) is 2.64. The van der Waals surface area contributed by atoms with Gasteiger partial charge in [0, 0.05) is 25.0 Å². The van der Waals surface area contributed by atoms with Crippen molar-refractivity contribution in [1.29, 1.82) is 0 Å². The van der Waals surface area contributed by atoms with Crippen LogP contribution in [0.15, 0.2) is 36.8 Å². The average Bonchev–Trinajstić information content (AvgIpc) is 2.38. The molecule has 2 aromatic rings. The topological polar surface area (TPSA) is 118 Å².